The van der Waals surface area contributed by atoms with Gasteiger partial charge in [0.25, 0.3) is 0 Å². The van der Waals surface area contributed by atoms with Crippen LogP contribution in [0.2, 0.25) is 0 Å². The standard InChI is InChI=1S/C16H29NO3S/c1-12(17-21(19,20)5-3-2-4-18)16-9-13-6-14(10-16)8-15(7-13)11-16/h12-15,17-18H,2-11H2,1H3. The van der Waals surface area contributed by atoms with Gasteiger partial charge in [-0.15, -0.1) is 0 Å². The topological polar surface area (TPSA) is 66.4 Å². The van der Waals surface area contributed by atoms with Gasteiger partial charge < -0.3 is 5.11 Å². The monoisotopic (exact) mass is 315 g/mol. The SMILES string of the molecule is CC(NS(=O)(=O)CCCCO)C12CC3CC(CC(C3)C1)C2. The zero-order valence-corrected chi connectivity index (χ0v) is 13.9. The van der Waals surface area contributed by atoms with Crippen molar-refractivity contribution >= 4 is 10.0 Å². The molecule has 0 amide bonds. The van der Waals surface area contributed by atoms with E-state index in [0.29, 0.717) is 12.8 Å². The summed E-state index contributed by atoms with van der Waals surface area (Å²) in [6.45, 7) is 2.15. The normalized spacial score (nSPS) is 39.6. The maximum atomic E-state index is 12.2. The molecule has 4 nitrogen and oxygen atoms in total. The molecule has 1 unspecified atom stereocenters. The molecule has 0 aromatic rings. The van der Waals surface area contributed by atoms with Gasteiger partial charge in [0.15, 0.2) is 0 Å². The fourth-order valence-electron chi connectivity index (χ4n) is 5.57. The highest BCUT2D eigenvalue weighted by Gasteiger charge is 2.53. The number of nitrogens with one attached hydrogen (secondary N) is 1. The van der Waals surface area contributed by atoms with Crippen molar-refractivity contribution in [1.82, 2.24) is 4.72 Å². The fourth-order valence-corrected chi connectivity index (χ4v) is 7.06. The van der Waals surface area contributed by atoms with Crippen LogP contribution in [-0.4, -0.2) is 31.9 Å². The van der Waals surface area contributed by atoms with E-state index in [1.807, 2.05) is 0 Å². The zero-order chi connectivity index (χ0) is 15.1. The van der Waals surface area contributed by atoms with Crippen molar-refractivity contribution in [3.05, 3.63) is 0 Å². The second-order valence-electron chi connectivity index (χ2n) is 7.87. The van der Waals surface area contributed by atoms with Crippen molar-refractivity contribution in [2.45, 2.75) is 64.3 Å². The summed E-state index contributed by atoms with van der Waals surface area (Å²) in [7, 11) is -3.21. The minimum atomic E-state index is -3.21. The molecule has 2 N–H and O–H groups in total. The van der Waals surface area contributed by atoms with Gasteiger partial charge in [-0.25, -0.2) is 13.1 Å². The minimum Gasteiger partial charge on any atom is -0.396 e. The summed E-state index contributed by atoms with van der Waals surface area (Å²) in [5.74, 6) is 2.68. The number of aliphatic hydroxyl groups excluding tert-OH is 1. The van der Waals surface area contributed by atoms with E-state index in [4.69, 9.17) is 5.11 Å². The van der Waals surface area contributed by atoms with Gasteiger partial charge in [0.2, 0.25) is 10.0 Å². The molecule has 0 heterocycles. The lowest BCUT2D eigenvalue weighted by Crippen LogP contribution is -2.56. The Morgan fingerprint density at radius 1 is 1.10 bits per heavy atom. The summed E-state index contributed by atoms with van der Waals surface area (Å²) in [4.78, 5) is 0. The molecule has 1 atom stereocenters. The van der Waals surface area contributed by atoms with E-state index in [2.05, 4.69) is 11.6 Å². The van der Waals surface area contributed by atoms with Crippen LogP contribution in [0, 0.1) is 23.2 Å². The average molecular weight is 315 g/mol. The van der Waals surface area contributed by atoms with Crippen LogP contribution in [0.1, 0.15) is 58.3 Å². The van der Waals surface area contributed by atoms with E-state index < -0.39 is 10.0 Å². The molecule has 21 heavy (non-hydrogen) atoms. The molecule has 0 saturated heterocycles. The lowest BCUT2D eigenvalue weighted by atomic mass is 9.48. The zero-order valence-electron chi connectivity index (χ0n) is 13.1. The summed E-state index contributed by atoms with van der Waals surface area (Å²) in [5, 5.41) is 8.78. The first-order valence-corrected chi connectivity index (χ1v) is 10.2. The summed E-state index contributed by atoms with van der Waals surface area (Å²) in [5.41, 5.74) is 0.221. The first-order chi connectivity index (χ1) is 9.92. The molecular weight excluding hydrogens is 286 g/mol. The van der Waals surface area contributed by atoms with Crippen LogP contribution in [0.4, 0.5) is 0 Å². The van der Waals surface area contributed by atoms with Gasteiger partial charge >= 0.3 is 0 Å². The van der Waals surface area contributed by atoms with Crippen LogP contribution in [0.15, 0.2) is 0 Å². The minimum absolute atomic E-state index is 0.0602. The van der Waals surface area contributed by atoms with Gasteiger partial charge in [0.05, 0.1) is 5.75 Å². The third kappa shape index (κ3) is 3.30. The maximum Gasteiger partial charge on any atom is 0.211 e. The summed E-state index contributed by atoms with van der Waals surface area (Å²) >= 11 is 0. The Balaban J connectivity index is 1.64. The molecule has 4 saturated carbocycles. The van der Waals surface area contributed by atoms with E-state index in [1.165, 1.54) is 38.5 Å². The van der Waals surface area contributed by atoms with Crippen molar-refractivity contribution in [2.24, 2.45) is 23.2 Å². The lowest BCUT2D eigenvalue weighted by molar-refractivity contribution is -0.0666. The van der Waals surface area contributed by atoms with Gasteiger partial charge in [0.1, 0.15) is 0 Å². The van der Waals surface area contributed by atoms with E-state index in [1.54, 1.807) is 0 Å². The van der Waals surface area contributed by atoms with Crippen molar-refractivity contribution in [3.63, 3.8) is 0 Å². The van der Waals surface area contributed by atoms with E-state index in [-0.39, 0.29) is 23.8 Å². The summed E-state index contributed by atoms with van der Waals surface area (Å²) in [6.07, 6.45) is 8.92. The van der Waals surface area contributed by atoms with Crippen molar-refractivity contribution in [2.75, 3.05) is 12.4 Å². The van der Waals surface area contributed by atoms with Gasteiger partial charge in [-0.2, -0.15) is 0 Å². The van der Waals surface area contributed by atoms with Gasteiger partial charge in [-0.1, -0.05) is 0 Å². The summed E-state index contributed by atoms with van der Waals surface area (Å²) < 4.78 is 27.4. The maximum absolute atomic E-state index is 12.2. The van der Waals surface area contributed by atoms with Crippen molar-refractivity contribution < 1.29 is 13.5 Å². The number of aliphatic hydroxyl groups is 1. The molecule has 4 bridgehead atoms. The first kappa shape index (κ1) is 15.8. The number of hydrogen-bond acceptors (Lipinski definition) is 3. The van der Waals surface area contributed by atoms with Gasteiger partial charge in [-0.05, 0) is 81.5 Å². The highest BCUT2D eigenvalue weighted by molar-refractivity contribution is 7.89. The Kier molecular flexibility index (Phi) is 4.37. The number of unbranched alkanes of at least 4 members (excludes halogenated alkanes) is 1. The molecule has 4 aliphatic rings. The molecule has 4 rings (SSSR count). The van der Waals surface area contributed by atoms with Crippen LogP contribution in [-0.2, 0) is 10.0 Å². The fraction of sp³-hybridized carbons (Fsp3) is 1.00. The second kappa shape index (κ2) is 5.82. The second-order valence-corrected chi connectivity index (χ2v) is 9.74. The van der Waals surface area contributed by atoms with E-state index >= 15 is 0 Å². The molecule has 0 spiro atoms. The van der Waals surface area contributed by atoms with Crippen molar-refractivity contribution in [3.8, 4) is 0 Å². The highest BCUT2D eigenvalue weighted by atomic mass is 32.2. The van der Waals surface area contributed by atoms with Gasteiger partial charge in [0, 0.05) is 12.6 Å². The molecule has 122 valence electrons. The Morgan fingerprint density at radius 3 is 2.10 bits per heavy atom. The molecule has 0 aromatic carbocycles. The third-order valence-corrected chi connectivity index (χ3v) is 7.72. The van der Waals surface area contributed by atoms with Gasteiger partial charge in [-0.3, -0.25) is 0 Å². The number of sulfonamides is 1. The molecule has 0 radical (unpaired) electrons. The molecule has 0 aliphatic heterocycles. The van der Waals surface area contributed by atoms with E-state index in [0.717, 1.165) is 17.8 Å². The van der Waals surface area contributed by atoms with Crippen LogP contribution >= 0.6 is 0 Å². The van der Waals surface area contributed by atoms with Crippen LogP contribution in [0.5, 0.6) is 0 Å². The average Bonchev–Trinajstić information content (AvgIpc) is 2.36. The third-order valence-electron chi connectivity index (χ3n) is 6.18. The highest BCUT2D eigenvalue weighted by Crippen LogP contribution is 2.61. The quantitative estimate of drug-likeness (QED) is 0.708. The Bertz CT molecular complexity index is 439. The molecule has 5 heteroatoms. The predicted molar refractivity (Wildman–Crippen MR) is 83.3 cm³/mol. The Hall–Kier alpha value is -0.130. The van der Waals surface area contributed by atoms with Crippen LogP contribution < -0.4 is 4.72 Å². The van der Waals surface area contributed by atoms with Crippen molar-refractivity contribution in [1.29, 1.82) is 0 Å². The van der Waals surface area contributed by atoms with Crippen LogP contribution in [0.3, 0.4) is 0 Å². The molecule has 4 aliphatic carbocycles. The Labute approximate surface area is 128 Å². The van der Waals surface area contributed by atoms with E-state index in [9.17, 15) is 8.42 Å². The first-order valence-electron chi connectivity index (χ1n) is 8.53. The Morgan fingerprint density at radius 2 is 1.62 bits per heavy atom. The molecule has 0 aromatic heterocycles. The molecule has 4 fully saturated rings. The smallest absolute Gasteiger partial charge is 0.211 e. The molecular formula is C16H29NO3S. The summed E-state index contributed by atoms with van der Waals surface area (Å²) in [6, 6.07) is 0.0602. The lowest BCUT2D eigenvalue weighted by Gasteiger charge is -2.59. The number of rotatable bonds is 7. The van der Waals surface area contributed by atoms with Crippen LogP contribution in [0.25, 0.3) is 0 Å². The predicted octanol–water partition coefficient (Wildman–Crippen LogP) is 2.28. The largest absolute Gasteiger partial charge is 0.396 e. The number of hydrogen-bond donors (Lipinski definition) is 2.